The van der Waals surface area contributed by atoms with Crippen molar-refractivity contribution in [2.45, 2.75) is 31.6 Å². The minimum atomic E-state index is -0.734. The van der Waals surface area contributed by atoms with Gasteiger partial charge in [-0.15, -0.1) is 29.1 Å². The molecule has 0 N–H and O–H groups in total. The molecule has 48 heavy (non-hydrogen) atoms. The molecule has 0 amide bonds. The van der Waals surface area contributed by atoms with Crippen molar-refractivity contribution in [3.05, 3.63) is 192 Å². The second-order valence-electron chi connectivity index (χ2n) is 13.0. The molecule has 0 saturated carbocycles. The maximum atomic E-state index is 5.14. The summed E-state index contributed by atoms with van der Waals surface area (Å²) in [5, 5.41) is 6.78. The number of hydrogen-bond acceptors (Lipinski definition) is 2. The Morgan fingerprint density at radius 3 is 1.98 bits per heavy atom. The summed E-state index contributed by atoms with van der Waals surface area (Å²) in [7, 11) is 0. The van der Waals surface area contributed by atoms with Gasteiger partial charge in [0.15, 0.2) is 0 Å². The standard InChI is InChI=1S/C43H34N4.Pd/c1-42(2,3)33-24-26-44-41(29-33)43(31-14-6-4-7-15-31,32-16-8-5-9-17-32)34-18-12-19-36(28-34)47-39-21-11-10-20-37(39)38-23-22-35(30-40(38)47)46-27-13-25-45-46;/h4-27,29H,1-3H3;/q-2;+2. The molecule has 8 rings (SSSR count). The Balaban J connectivity index is 0.00000364. The largest absolute Gasteiger partial charge is 2.00 e. The van der Waals surface area contributed by atoms with Crippen molar-refractivity contribution in [2.24, 2.45) is 0 Å². The first-order chi connectivity index (χ1) is 22.9. The van der Waals surface area contributed by atoms with Crippen LogP contribution in [0.15, 0.2) is 152 Å². The van der Waals surface area contributed by atoms with Gasteiger partial charge in [-0.2, -0.15) is 29.4 Å². The van der Waals surface area contributed by atoms with Crippen molar-refractivity contribution < 1.29 is 20.4 Å². The number of benzene rings is 5. The number of pyridine rings is 1. The number of para-hydroxylation sites is 1. The van der Waals surface area contributed by atoms with Gasteiger partial charge in [0.2, 0.25) is 0 Å². The molecule has 0 aliphatic carbocycles. The van der Waals surface area contributed by atoms with E-state index in [-0.39, 0.29) is 25.8 Å². The van der Waals surface area contributed by atoms with Crippen molar-refractivity contribution >= 4 is 21.8 Å². The maximum absolute atomic E-state index is 5.14. The van der Waals surface area contributed by atoms with E-state index in [1.807, 2.05) is 23.1 Å². The molecule has 3 aromatic heterocycles. The number of rotatable bonds is 6. The molecule has 236 valence electrons. The van der Waals surface area contributed by atoms with Gasteiger partial charge in [0, 0.05) is 24.1 Å². The molecule has 0 aliphatic heterocycles. The molecule has 4 nitrogen and oxygen atoms in total. The molecule has 0 unspecified atom stereocenters. The molecule has 0 spiro atoms. The molecule has 0 aliphatic rings. The Morgan fingerprint density at radius 1 is 0.583 bits per heavy atom. The van der Waals surface area contributed by atoms with E-state index in [4.69, 9.17) is 4.98 Å². The van der Waals surface area contributed by atoms with Gasteiger partial charge in [-0.05, 0) is 57.4 Å². The Hall–Kier alpha value is -5.08. The molecule has 5 heteroatoms. The van der Waals surface area contributed by atoms with Crippen molar-refractivity contribution in [1.82, 2.24) is 19.3 Å². The molecule has 0 saturated heterocycles. The number of aromatic nitrogens is 4. The molecule has 0 atom stereocenters. The van der Waals surface area contributed by atoms with E-state index in [0.29, 0.717) is 0 Å². The van der Waals surface area contributed by atoms with E-state index in [9.17, 15) is 0 Å². The van der Waals surface area contributed by atoms with Crippen LogP contribution in [0.5, 0.6) is 0 Å². The smallest absolute Gasteiger partial charge is 0.358 e. The van der Waals surface area contributed by atoms with Gasteiger partial charge in [-0.3, -0.25) is 9.67 Å². The second-order valence-corrected chi connectivity index (χ2v) is 13.0. The van der Waals surface area contributed by atoms with E-state index < -0.39 is 5.41 Å². The van der Waals surface area contributed by atoms with Crippen LogP contribution >= 0.6 is 0 Å². The normalized spacial score (nSPS) is 11.9. The molecular weight excluding hydrogens is 679 g/mol. The monoisotopic (exact) mass is 712 g/mol. The second kappa shape index (κ2) is 12.5. The summed E-state index contributed by atoms with van der Waals surface area (Å²) in [6.45, 7) is 6.76. The summed E-state index contributed by atoms with van der Waals surface area (Å²) in [6.07, 6.45) is 5.70. The number of nitrogens with zero attached hydrogens (tertiary/aromatic N) is 4. The summed E-state index contributed by atoms with van der Waals surface area (Å²) in [5.41, 5.74) is 8.59. The van der Waals surface area contributed by atoms with Crippen LogP contribution in [0, 0.1) is 12.1 Å². The average molecular weight is 713 g/mol. The summed E-state index contributed by atoms with van der Waals surface area (Å²) in [6, 6.07) is 54.7. The number of fused-ring (bicyclic) bond motifs is 3. The fourth-order valence-corrected chi connectivity index (χ4v) is 6.87. The third kappa shape index (κ3) is 5.21. The zero-order valence-corrected chi connectivity index (χ0v) is 28.6. The van der Waals surface area contributed by atoms with Crippen LogP contribution in [0.1, 0.15) is 48.7 Å². The van der Waals surface area contributed by atoms with Crippen LogP contribution in [0.25, 0.3) is 33.2 Å². The Bertz CT molecular complexity index is 2290. The topological polar surface area (TPSA) is 35.6 Å². The molecule has 0 bridgehead atoms. The van der Waals surface area contributed by atoms with E-state index in [1.54, 1.807) is 6.20 Å². The molecule has 0 radical (unpaired) electrons. The molecule has 8 aromatic rings. The predicted molar refractivity (Wildman–Crippen MR) is 190 cm³/mol. The van der Waals surface area contributed by atoms with Crippen LogP contribution in [0.3, 0.4) is 0 Å². The van der Waals surface area contributed by atoms with Crippen molar-refractivity contribution in [2.75, 3.05) is 0 Å². The van der Waals surface area contributed by atoms with Gasteiger partial charge in [0.25, 0.3) is 0 Å². The molecular formula is C43H34N4Pd. The Labute approximate surface area is 295 Å². The first-order valence-electron chi connectivity index (χ1n) is 16.0. The van der Waals surface area contributed by atoms with Crippen LogP contribution in [0.4, 0.5) is 0 Å². The molecule has 3 heterocycles. The van der Waals surface area contributed by atoms with Crippen LogP contribution in [-0.4, -0.2) is 19.3 Å². The fraction of sp³-hybridized carbons (Fsp3) is 0.116. The zero-order valence-electron chi connectivity index (χ0n) is 27.0. The van der Waals surface area contributed by atoms with Gasteiger partial charge in [-0.1, -0.05) is 111 Å². The minimum Gasteiger partial charge on any atom is -0.358 e. The van der Waals surface area contributed by atoms with E-state index >= 15 is 0 Å². The predicted octanol–water partition coefficient (Wildman–Crippen LogP) is 9.64. The summed E-state index contributed by atoms with van der Waals surface area (Å²) < 4.78 is 4.13. The van der Waals surface area contributed by atoms with E-state index in [0.717, 1.165) is 50.2 Å². The van der Waals surface area contributed by atoms with Crippen LogP contribution in [0.2, 0.25) is 0 Å². The summed E-state index contributed by atoms with van der Waals surface area (Å²) in [4.78, 5) is 5.14. The van der Waals surface area contributed by atoms with Gasteiger partial charge in [-0.25, -0.2) is 0 Å². The van der Waals surface area contributed by atoms with Crippen LogP contribution in [-0.2, 0) is 31.3 Å². The SMILES string of the molecule is CC(C)(C)c1ccnc(C(c2[c-]c(-n3c4[c-]c(-n5cccn5)ccc4c4ccccc43)ccc2)(c2ccccc2)c2ccccc2)c1.[Pd+2]. The van der Waals surface area contributed by atoms with E-state index in [1.165, 1.54) is 10.9 Å². The van der Waals surface area contributed by atoms with Gasteiger partial charge >= 0.3 is 20.4 Å². The zero-order chi connectivity index (χ0) is 32.0. The summed E-state index contributed by atoms with van der Waals surface area (Å²) >= 11 is 0. The van der Waals surface area contributed by atoms with E-state index in [2.05, 4.69) is 170 Å². The van der Waals surface area contributed by atoms with Gasteiger partial charge in [0.05, 0.1) is 11.1 Å². The van der Waals surface area contributed by atoms with Crippen molar-refractivity contribution in [3.63, 3.8) is 0 Å². The molecule has 5 aromatic carbocycles. The number of hydrogen-bond donors (Lipinski definition) is 0. The van der Waals surface area contributed by atoms with Crippen LogP contribution < -0.4 is 0 Å². The first kappa shape index (κ1) is 31.5. The van der Waals surface area contributed by atoms with Crippen molar-refractivity contribution in [1.29, 1.82) is 0 Å². The third-order valence-electron chi connectivity index (χ3n) is 9.17. The Morgan fingerprint density at radius 2 is 1.29 bits per heavy atom. The van der Waals surface area contributed by atoms with Crippen molar-refractivity contribution in [3.8, 4) is 11.4 Å². The minimum absolute atomic E-state index is 0. The van der Waals surface area contributed by atoms with Gasteiger partial charge in [0.1, 0.15) is 0 Å². The fourth-order valence-electron chi connectivity index (χ4n) is 6.87. The van der Waals surface area contributed by atoms with Gasteiger partial charge < -0.3 is 4.57 Å². The maximum Gasteiger partial charge on any atom is 2.00 e. The third-order valence-corrected chi connectivity index (χ3v) is 9.17. The summed E-state index contributed by atoms with van der Waals surface area (Å²) in [5.74, 6) is 0. The quantitative estimate of drug-likeness (QED) is 0.0978. The average Bonchev–Trinajstić information content (AvgIpc) is 3.76. The molecule has 0 fully saturated rings. The Kier molecular flexibility index (Phi) is 8.21. The first-order valence-corrected chi connectivity index (χ1v) is 16.0.